The average Bonchev–Trinajstić information content (AvgIpc) is 2.48. The van der Waals surface area contributed by atoms with Gasteiger partial charge >= 0.3 is 0 Å². The van der Waals surface area contributed by atoms with Crippen molar-refractivity contribution in [1.82, 2.24) is 9.62 Å². The van der Waals surface area contributed by atoms with Gasteiger partial charge in [-0.25, -0.2) is 8.42 Å². The Balaban J connectivity index is 2.10. The van der Waals surface area contributed by atoms with Gasteiger partial charge in [-0.05, 0) is 59.9 Å². The van der Waals surface area contributed by atoms with Crippen molar-refractivity contribution in [3.63, 3.8) is 0 Å². The largest absolute Gasteiger partial charge is 0.317 e. The SMILES string of the molecule is CCNCC1CCN(S(=O)(=O)c2cccc(Br)c2Cl)CC1. The zero-order valence-corrected chi connectivity index (χ0v) is 15.1. The van der Waals surface area contributed by atoms with Crippen LogP contribution in [0.25, 0.3) is 0 Å². The molecule has 1 saturated heterocycles. The van der Waals surface area contributed by atoms with E-state index in [9.17, 15) is 8.42 Å². The lowest BCUT2D eigenvalue weighted by Crippen LogP contribution is -2.40. The van der Waals surface area contributed by atoms with Crippen molar-refractivity contribution in [1.29, 1.82) is 0 Å². The molecule has 4 nitrogen and oxygen atoms in total. The quantitative estimate of drug-likeness (QED) is 0.833. The van der Waals surface area contributed by atoms with E-state index >= 15 is 0 Å². The van der Waals surface area contributed by atoms with Gasteiger partial charge in [-0.2, -0.15) is 4.31 Å². The first-order valence-corrected chi connectivity index (χ1v) is 9.72. The van der Waals surface area contributed by atoms with E-state index in [0.717, 1.165) is 25.9 Å². The number of piperidine rings is 1. The Morgan fingerprint density at radius 3 is 2.67 bits per heavy atom. The molecule has 0 spiro atoms. The van der Waals surface area contributed by atoms with Crippen molar-refractivity contribution < 1.29 is 8.42 Å². The lowest BCUT2D eigenvalue weighted by molar-refractivity contribution is 0.268. The second-order valence-corrected chi connectivity index (χ2v) is 8.35. The van der Waals surface area contributed by atoms with Gasteiger partial charge < -0.3 is 5.32 Å². The predicted octanol–water partition coefficient (Wildman–Crippen LogP) is 3.11. The van der Waals surface area contributed by atoms with Gasteiger partial charge in [-0.15, -0.1) is 0 Å². The maximum Gasteiger partial charge on any atom is 0.244 e. The Hall–Kier alpha value is -0.140. The number of halogens is 2. The molecule has 1 aromatic carbocycles. The van der Waals surface area contributed by atoms with Crippen LogP contribution in [0.1, 0.15) is 19.8 Å². The van der Waals surface area contributed by atoms with E-state index < -0.39 is 10.0 Å². The molecule has 0 unspecified atom stereocenters. The molecule has 0 atom stereocenters. The highest BCUT2D eigenvalue weighted by molar-refractivity contribution is 9.10. The number of hydrogen-bond donors (Lipinski definition) is 1. The molecule has 1 aromatic rings. The van der Waals surface area contributed by atoms with Crippen molar-refractivity contribution in [2.75, 3.05) is 26.2 Å². The zero-order chi connectivity index (χ0) is 15.5. The third kappa shape index (κ3) is 3.99. The molecule has 118 valence electrons. The summed E-state index contributed by atoms with van der Waals surface area (Å²) in [6.07, 6.45) is 1.77. The summed E-state index contributed by atoms with van der Waals surface area (Å²) in [7, 11) is -3.51. The molecular weight excluding hydrogens is 376 g/mol. The van der Waals surface area contributed by atoms with Crippen molar-refractivity contribution in [3.8, 4) is 0 Å². The summed E-state index contributed by atoms with van der Waals surface area (Å²) < 4.78 is 27.5. The molecule has 1 aliphatic rings. The molecule has 0 bridgehead atoms. The molecule has 0 radical (unpaired) electrons. The minimum Gasteiger partial charge on any atom is -0.317 e. The highest BCUT2D eigenvalue weighted by Gasteiger charge is 2.31. The van der Waals surface area contributed by atoms with E-state index in [-0.39, 0.29) is 9.92 Å². The third-order valence-corrected chi connectivity index (χ3v) is 7.14. The molecule has 2 rings (SSSR count). The molecule has 1 aliphatic heterocycles. The Labute approximate surface area is 140 Å². The van der Waals surface area contributed by atoms with E-state index in [1.807, 2.05) is 0 Å². The van der Waals surface area contributed by atoms with Crippen LogP contribution in [-0.2, 0) is 10.0 Å². The van der Waals surface area contributed by atoms with Gasteiger partial charge in [0.1, 0.15) is 4.90 Å². The summed E-state index contributed by atoms with van der Waals surface area (Å²) in [5.41, 5.74) is 0. The van der Waals surface area contributed by atoms with Gasteiger partial charge in [0.05, 0.1) is 5.02 Å². The van der Waals surface area contributed by atoms with E-state index in [1.165, 1.54) is 0 Å². The second-order valence-electron chi connectivity index (χ2n) is 5.21. The van der Waals surface area contributed by atoms with Crippen LogP contribution in [0, 0.1) is 5.92 Å². The van der Waals surface area contributed by atoms with Crippen LogP contribution < -0.4 is 5.32 Å². The van der Waals surface area contributed by atoms with Crippen LogP contribution in [0.2, 0.25) is 5.02 Å². The zero-order valence-electron chi connectivity index (χ0n) is 12.0. The summed E-state index contributed by atoms with van der Waals surface area (Å²) >= 11 is 9.41. The van der Waals surface area contributed by atoms with E-state index in [0.29, 0.717) is 23.5 Å². The molecule has 1 fully saturated rings. The van der Waals surface area contributed by atoms with Crippen LogP contribution in [0.5, 0.6) is 0 Å². The Morgan fingerprint density at radius 2 is 2.05 bits per heavy atom. The van der Waals surface area contributed by atoms with Gasteiger partial charge in [0.2, 0.25) is 10.0 Å². The molecule has 1 N–H and O–H groups in total. The summed E-state index contributed by atoms with van der Waals surface area (Å²) in [6.45, 7) is 5.10. The standard InChI is InChI=1S/C14H20BrClN2O2S/c1-2-17-10-11-6-8-18(9-7-11)21(19,20)13-5-3-4-12(15)14(13)16/h3-5,11,17H,2,6-10H2,1H3. The summed E-state index contributed by atoms with van der Waals surface area (Å²) in [6, 6.07) is 5.00. The topological polar surface area (TPSA) is 49.4 Å². The third-order valence-electron chi connectivity index (χ3n) is 3.79. The lowest BCUT2D eigenvalue weighted by atomic mass is 9.98. The first-order valence-electron chi connectivity index (χ1n) is 7.11. The fourth-order valence-electron chi connectivity index (χ4n) is 2.52. The smallest absolute Gasteiger partial charge is 0.244 e. The molecule has 21 heavy (non-hydrogen) atoms. The first-order chi connectivity index (χ1) is 9.96. The number of benzene rings is 1. The van der Waals surface area contributed by atoms with Crippen LogP contribution in [0.4, 0.5) is 0 Å². The fraction of sp³-hybridized carbons (Fsp3) is 0.571. The van der Waals surface area contributed by atoms with Crippen molar-refractivity contribution in [3.05, 3.63) is 27.7 Å². The monoisotopic (exact) mass is 394 g/mol. The van der Waals surface area contributed by atoms with Gasteiger partial charge in [0.15, 0.2) is 0 Å². The summed E-state index contributed by atoms with van der Waals surface area (Å²) in [5.74, 6) is 0.550. The minimum atomic E-state index is -3.51. The molecule has 0 aliphatic carbocycles. The second kappa shape index (κ2) is 7.42. The highest BCUT2D eigenvalue weighted by Crippen LogP contribution is 2.32. The molecule has 0 aromatic heterocycles. The predicted molar refractivity (Wildman–Crippen MR) is 89.2 cm³/mol. The van der Waals surface area contributed by atoms with Crippen molar-refractivity contribution >= 4 is 37.6 Å². The molecular formula is C14H20BrClN2O2S. The number of nitrogens with one attached hydrogen (secondary N) is 1. The number of hydrogen-bond acceptors (Lipinski definition) is 3. The summed E-state index contributed by atoms with van der Waals surface area (Å²) in [4.78, 5) is 0.184. The van der Waals surface area contributed by atoms with Crippen molar-refractivity contribution in [2.45, 2.75) is 24.7 Å². The van der Waals surface area contributed by atoms with Crippen LogP contribution in [0.15, 0.2) is 27.6 Å². The van der Waals surface area contributed by atoms with Gasteiger partial charge in [-0.3, -0.25) is 0 Å². The van der Waals surface area contributed by atoms with E-state index in [4.69, 9.17) is 11.6 Å². The Bertz CT molecular complexity index is 587. The average molecular weight is 396 g/mol. The van der Waals surface area contributed by atoms with Crippen LogP contribution in [0.3, 0.4) is 0 Å². The Morgan fingerprint density at radius 1 is 1.38 bits per heavy atom. The number of nitrogens with zero attached hydrogens (tertiary/aromatic N) is 1. The van der Waals surface area contributed by atoms with Crippen LogP contribution in [-0.4, -0.2) is 38.9 Å². The Kier molecular flexibility index (Phi) is 6.08. The highest BCUT2D eigenvalue weighted by atomic mass is 79.9. The van der Waals surface area contributed by atoms with Gasteiger partial charge in [-0.1, -0.05) is 24.6 Å². The molecule has 0 amide bonds. The minimum absolute atomic E-state index is 0.184. The van der Waals surface area contributed by atoms with Crippen LogP contribution >= 0.6 is 27.5 Å². The molecule has 1 heterocycles. The lowest BCUT2D eigenvalue weighted by Gasteiger charge is -2.31. The van der Waals surface area contributed by atoms with E-state index in [2.05, 4.69) is 28.2 Å². The van der Waals surface area contributed by atoms with Crippen molar-refractivity contribution in [2.24, 2.45) is 5.92 Å². The van der Waals surface area contributed by atoms with E-state index in [1.54, 1.807) is 22.5 Å². The first kappa shape index (κ1) is 17.2. The molecule has 7 heteroatoms. The maximum atomic E-state index is 12.7. The van der Waals surface area contributed by atoms with Gasteiger partial charge in [0, 0.05) is 17.6 Å². The molecule has 0 saturated carbocycles. The number of sulfonamides is 1. The number of rotatable bonds is 5. The fourth-order valence-corrected chi connectivity index (χ4v) is 5.00. The maximum absolute atomic E-state index is 12.7. The summed E-state index contributed by atoms with van der Waals surface area (Å²) in [5, 5.41) is 3.58. The normalized spacial score (nSPS) is 18.0. The van der Waals surface area contributed by atoms with Gasteiger partial charge in [0.25, 0.3) is 0 Å².